The first-order valence-electron chi connectivity index (χ1n) is 33.6. The summed E-state index contributed by atoms with van der Waals surface area (Å²) in [6, 6.07) is -0.635. The van der Waals surface area contributed by atoms with Crippen molar-refractivity contribution in [3.8, 4) is 0 Å². The summed E-state index contributed by atoms with van der Waals surface area (Å²) in [5.74, 6) is -0.120. The van der Waals surface area contributed by atoms with Crippen LogP contribution >= 0.6 is 0 Å². The summed E-state index contributed by atoms with van der Waals surface area (Å²) in [6.07, 6.45) is 85.8. The summed E-state index contributed by atoms with van der Waals surface area (Å²) in [4.78, 5) is 24.6. The number of esters is 1. The van der Waals surface area contributed by atoms with Crippen LogP contribution in [-0.2, 0) is 14.3 Å². The van der Waals surface area contributed by atoms with Crippen LogP contribution in [0, 0.1) is 0 Å². The van der Waals surface area contributed by atoms with E-state index in [4.69, 9.17) is 4.74 Å². The van der Waals surface area contributed by atoms with Crippen LogP contribution in [0.25, 0.3) is 0 Å². The lowest BCUT2D eigenvalue weighted by molar-refractivity contribution is -0.143. The zero-order chi connectivity index (χ0) is 55.0. The van der Waals surface area contributed by atoms with Gasteiger partial charge in [-0.3, -0.25) is 9.59 Å². The van der Waals surface area contributed by atoms with E-state index >= 15 is 0 Å². The fourth-order valence-corrected chi connectivity index (χ4v) is 10.2. The highest BCUT2D eigenvalue weighted by molar-refractivity contribution is 5.76. The Labute approximate surface area is 473 Å². The van der Waals surface area contributed by atoms with Crippen molar-refractivity contribution in [3.05, 3.63) is 60.8 Å². The third-order valence-corrected chi connectivity index (χ3v) is 15.3. The molecule has 0 spiro atoms. The fraction of sp³-hybridized carbons (Fsp3) is 0.829. The number of carbonyl (C=O) groups is 2. The molecule has 444 valence electrons. The Balaban J connectivity index is 3.49. The molecule has 0 aliphatic carbocycles. The van der Waals surface area contributed by atoms with Gasteiger partial charge in [0.1, 0.15) is 0 Å². The number of unbranched alkanes of at least 4 members (excludes halogenated alkanes) is 43. The molecule has 0 fully saturated rings. The van der Waals surface area contributed by atoms with Crippen LogP contribution in [0.4, 0.5) is 0 Å². The zero-order valence-corrected chi connectivity index (χ0v) is 50.7. The first-order chi connectivity index (χ1) is 37.5. The first-order valence-corrected chi connectivity index (χ1v) is 33.6. The van der Waals surface area contributed by atoms with Crippen molar-refractivity contribution in [2.45, 2.75) is 360 Å². The molecule has 0 aromatic heterocycles. The quantitative estimate of drug-likeness (QED) is 0.0320. The molecule has 0 bridgehead atoms. The van der Waals surface area contributed by atoms with Crippen molar-refractivity contribution in [1.82, 2.24) is 5.32 Å². The second-order valence-electron chi connectivity index (χ2n) is 22.8. The number of nitrogens with one attached hydrogen (secondary N) is 1. The van der Waals surface area contributed by atoms with Crippen molar-refractivity contribution in [2.24, 2.45) is 0 Å². The maximum Gasteiger partial charge on any atom is 0.305 e. The Bertz CT molecular complexity index is 1320. The molecule has 2 atom stereocenters. The van der Waals surface area contributed by atoms with Crippen molar-refractivity contribution >= 4 is 11.9 Å². The van der Waals surface area contributed by atoms with Crippen LogP contribution in [0.3, 0.4) is 0 Å². The highest BCUT2D eigenvalue weighted by Crippen LogP contribution is 2.17. The van der Waals surface area contributed by atoms with E-state index < -0.39 is 12.1 Å². The van der Waals surface area contributed by atoms with Gasteiger partial charge in [-0.2, -0.15) is 0 Å². The highest BCUT2D eigenvalue weighted by Gasteiger charge is 2.18. The van der Waals surface area contributed by atoms with Gasteiger partial charge in [0.15, 0.2) is 0 Å². The molecule has 0 radical (unpaired) electrons. The first kappa shape index (κ1) is 73.6. The molecule has 0 aromatic carbocycles. The van der Waals surface area contributed by atoms with Crippen molar-refractivity contribution < 1.29 is 24.5 Å². The Morgan fingerprint density at radius 1 is 0.368 bits per heavy atom. The summed E-state index contributed by atoms with van der Waals surface area (Å²) in [5.41, 5.74) is 0. The van der Waals surface area contributed by atoms with Gasteiger partial charge in [-0.05, 0) is 83.5 Å². The van der Waals surface area contributed by atoms with E-state index in [9.17, 15) is 19.8 Å². The molecule has 6 heteroatoms. The minimum Gasteiger partial charge on any atom is -0.465 e. The number of allylic oxidation sites excluding steroid dienone is 8. The van der Waals surface area contributed by atoms with Gasteiger partial charge in [0, 0.05) is 12.8 Å². The standard InChI is InChI=1S/C70H129NO5/c1-3-5-7-9-11-13-15-17-19-21-22-23-25-28-31-34-38-42-46-50-54-58-62-68(73)67(66-72)71-69(74)63-59-55-51-47-43-39-35-32-29-26-24-27-30-33-37-41-45-49-53-57-61-65-76-70(75)64-60-56-52-48-44-40-36-20-18-16-14-12-10-8-6-4-2/h14,16,20,36,41,45,53,57-58,62,67-68,72-73H,3-13,15,17-19,21-35,37-40,42-44,46-52,54-56,59-61,63-66H2,1-2H3,(H,71,74)/b16-14-,36-20-,45-41-,57-53-,62-58+. The third kappa shape index (κ3) is 60.8. The second kappa shape index (κ2) is 65.1. The van der Waals surface area contributed by atoms with Crippen LogP contribution in [0.5, 0.6) is 0 Å². The number of carbonyl (C=O) groups excluding carboxylic acids is 2. The Hall–Kier alpha value is -2.44. The minimum absolute atomic E-state index is 0.0494. The molecular weight excluding hydrogens is 935 g/mol. The Morgan fingerprint density at radius 2 is 0.658 bits per heavy atom. The van der Waals surface area contributed by atoms with Gasteiger partial charge >= 0.3 is 5.97 Å². The van der Waals surface area contributed by atoms with E-state index in [1.165, 1.54) is 257 Å². The molecule has 0 heterocycles. The van der Waals surface area contributed by atoms with Gasteiger partial charge in [-0.1, -0.05) is 312 Å². The number of rotatable bonds is 62. The topological polar surface area (TPSA) is 95.9 Å². The van der Waals surface area contributed by atoms with E-state index in [0.717, 1.165) is 64.2 Å². The molecular formula is C70H129NO5. The lowest BCUT2D eigenvalue weighted by atomic mass is 10.0. The van der Waals surface area contributed by atoms with Crippen molar-refractivity contribution in [3.63, 3.8) is 0 Å². The molecule has 1 amide bonds. The molecule has 0 aromatic rings. The summed E-state index contributed by atoms with van der Waals surface area (Å²) in [7, 11) is 0. The van der Waals surface area contributed by atoms with E-state index in [2.05, 4.69) is 67.8 Å². The number of hydrogen-bond acceptors (Lipinski definition) is 5. The maximum absolute atomic E-state index is 12.5. The van der Waals surface area contributed by atoms with Crippen LogP contribution in [0.15, 0.2) is 60.8 Å². The largest absolute Gasteiger partial charge is 0.465 e. The van der Waals surface area contributed by atoms with Gasteiger partial charge in [-0.15, -0.1) is 0 Å². The lowest BCUT2D eigenvalue weighted by Crippen LogP contribution is -2.45. The normalized spacial score (nSPS) is 12.9. The van der Waals surface area contributed by atoms with Gasteiger partial charge < -0.3 is 20.3 Å². The highest BCUT2D eigenvalue weighted by atomic mass is 16.5. The number of aliphatic hydroxyl groups is 2. The summed E-state index contributed by atoms with van der Waals surface area (Å²) in [6.45, 7) is 4.79. The number of hydrogen-bond donors (Lipinski definition) is 3. The summed E-state index contributed by atoms with van der Waals surface area (Å²) < 4.78 is 5.42. The zero-order valence-electron chi connectivity index (χ0n) is 50.7. The molecule has 0 rings (SSSR count). The van der Waals surface area contributed by atoms with Crippen molar-refractivity contribution in [1.29, 1.82) is 0 Å². The maximum atomic E-state index is 12.5. The average Bonchev–Trinajstić information content (AvgIpc) is 3.42. The summed E-state index contributed by atoms with van der Waals surface area (Å²) in [5, 5.41) is 23.2. The average molecular weight is 1060 g/mol. The van der Waals surface area contributed by atoms with Gasteiger partial charge in [-0.25, -0.2) is 0 Å². The van der Waals surface area contributed by atoms with Gasteiger partial charge in [0.05, 0.1) is 25.4 Å². The van der Waals surface area contributed by atoms with E-state index in [1.54, 1.807) is 6.08 Å². The lowest BCUT2D eigenvalue weighted by Gasteiger charge is -2.20. The third-order valence-electron chi connectivity index (χ3n) is 15.3. The molecule has 76 heavy (non-hydrogen) atoms. The Morgan fingerprint density at radius 3 is 1.01 bits per heavy atom. The molecule has 0 aliphatic heterocycles. The number of ether oxygens (including phenoxy) is 1. The van der Waals surface area contributed by atoms with E-state index in [-0.39, 0.29) is 18.5 Å². The number of aliphatic hydroxyl groups excluding tert-OH is 2. The fourth-order valence-electron chi connectivity index (χ4n) is 10.2. The molecule has 2 unspecified atom stereocenters. The molecule has 0 saturated carbocycles. The van der Waals surface area contributed by atoms with Gasteiger partial charge in [0.2, 0.25) is 5.91 Å². The van der Waals surface area contributed by atoms with Crippen LogP contribution in [-0.4, -0.2) is 47.4 Å². The van der Waals surface area contributed by atoms with Gasteiger partial charge in [0.25, 0.3) is 0 Å². The predicted octanol–water partition coefficient (Wildman–Crippen LogP) is 21.5. The van der Waals surface area contributed by atoms with Crippen LogP contribution in [0.1, 0.15) is 348 Å². The predicted molar refractivity (Wildman–Crippen MR) is 333 cm³/mol. The minimum atomic E-state index is -0.851. The molecule has 3 N–H and O–H groups in total. The number of amides is 1. The Kier molecular flexibility index (Phi) is 63.0. The van der Waals surface area contributed by atoms with Crippen molar-refractivity contribution in [2.75, 3.05) is 13.2 Å². The summed E-state index contributed by atoms with van der Waals surface area (Å²) >= 11 is 0. The molecule has 0 saturated heterocycles. The van der Waals surface area contributed by atoms with Crippen LogP contribution in [0.2, 0.25) is 0 Å². The monoisotopic (exact) mass is 1060 g/mol. The van der Waals surface area contributed by atoms with E-state index in [0.29, 0.717) is 19.4 Å². The van der Waals surface area contributed by atoms with Crippen LogP contribution < -0.4 is 5.32 Å². The molecule has 6 nitrogen and oxygen atoms in total. The smallest absolute Gasteiger partial charge is 0.305 e. The SMILES string of the molecule is CCCCCC/C=C\C/C=C\CCCCCCCC(=O)OCC/C=C\C/C=C\CCCCCCCCCCCCCCCCC(=O)NC(CO)C(O)/C=C/CCCCCCCCCCCCCCCCCCCCCC. The van der Waals surface area contributed by atoms with E-state index in [1.807, 2.05) is 6.08 Å². The molecule has 0 aliphatic rings. The second-order valence-corrected chi connectivity index (χ2v) is 22.8.